The first kappa shape index (κ1) is 32.4. The zero-order valence-electron chi connectivity index (χ0n) is 27.0. The van der Waals surface area contributed by atoms with Gasteiger partial charge in [-0.15, -0.1) is 0 Å². The van der Waals surface area contributed by atoms with E-state index < -0.39 is 40.6 Å². The number of nitro groups is 1. The van der Waals surface area contributed by atoms with Crippen molar-refractivity contribution in [2.45, 2.75) is 56.1 Å². The molecule has 1 aromatic carbocycles. The molecule has 4 aromatic rings. The predicted molar refractivity (Wildman–Crippen MR) is 173 cm³/mol. The minimum atomic E-state index is -3.02. The highest BCUT2D eigenvalue weighted by molar-refractivity contribution is 6.05. The molecule has 0 aliphatic carbocycles. The fraction of sp³-hybridized carbons (Fsp3) is 0.471. The summed E-state index contributed by atoms with van der Waals surface area (Å²) in [5.74, 6) is 5.38. The maximum Gasteiger partial charge on any atom is 0.297 e. The molecule has 0 radical (unpaired) electrons. The molecule has 3 fully saturated rings. The molecule has 1 N–H and O–H groups in total. The number of aliphatic hydroxyl groups is 1. The molecule has 4 aliphatic heterocycles. The molecule has 7 heterocycles. The second kappa shape index (κ2) is 12.5. The molecule has 0 amide bonds. The Morgan fingerprint density at radius 1 is 1.18 bits per heavy atom. The van der Waals surface area contributed by atoms with E-state index in [1.165, 1.54) is 11.1 Å². The molecule has 0 saturated carbocycles. The first-order valence-corrected chi connectivity index (χ1v) is 16.3. The van der Waals surface area contributed by atoms with Crippen LogP contribution in [0.25, 0.3) is 22.1 Å². The molecule has 2 atom stereocenters. The van der Waals surface area contributed by atoms with E-state index in [1.807, 2.05) is 17.6 Å². The number of aromatic nitrogens is 3. The molecule has 14 nitrogen and oxygen atoms in total. The van der Waals surface area contributed by atoms with E-state index in [9.17, 15) is 24.0 Å². The van der Waals surface area contributed by atoms with Crippen molar-refractivity contribution in [3.8, 4) is 17.7 Å². The molecule has 0 bridgehead atoms. The Bertz CT molecular complexity index is 2080. The van der Waals surface area contributed by atoms with Gasteiger partial charge in [0.1, 0.15) is 29.4 Å². The van der Waals surface area contributed by atoms with Gasteiger partial charge in [0.05, 0.1) is 39.4 Å². The lowest BCUT2D eigenvalue weighted by molar-refractivity contribution is -0.519. The SMILES string of the molecule is CC1=[N+](c2cc(C#CC3(O)CCOCC3)cnc2O[C@H]2C[C@@H]([N+](=O)[O-])N(c3nc(C(F)F)nc4c3oc3ccccc34)C2)CCOC12COC2. The van der Waals surface area contributed by atoms with E-state index in [1.54, 1.807) is 24.3 Å². The molecule has 260 valence electrons. The number of alkyl halides is 2. The summed E-state index contributed by atoms with van der Waals surface area (Å²) >= 11 is 0. The van der Waals surface area contributed by atoms with Crippen LogP contribution in [0.4, 0.5) is 20.3 Å². The van der Waals surface area contributed by atoms with Crippen LogP contribution in [0.1, 0.15) is 44.0 Å². The summed E-state index contributed by atoms with van der Waals surface area (Å²) in [4.78, 5) is 26.0. The highest BCUT2D eigenvalue weighted by Crippen LogP contribution is 2.39. The van der Waals surface area contributed by atoms with E-state index in [0.29, 0.717) is 74.6 Å². The summed E-state index contributed by atoms with van der Waals surface area (Å²) in [5, 5.41) is 23.9. The molecule has 0 unspecified atom stereocenters. The Morgan fingerprint density at radius 3 is 2.72 bits per heavy atom. The highest BCUT2D eigenvalue weighted by atomic mass is 19.3. The number of rotatable bonds is 6. The second-order valence-electron chi connectivity index (χ2n) is 12.9. The van der Waals surface area contributed by atoms with Gasteiger partial charge in [0, 0.05) is 47.9 Å². The Hall–Kier alpha value is -4.82. The Kier molecular flexibility index (Phi) is 8.10. The lowest BCUT2D eigenvalue weighted by Crippen LogP contribution is -2.62. The van der Waals surface area contributed by atoms with Crippen molar-refractivity contribution < 1.29 is 46.8 Å². The maximum atomic E-state index is 14.0. The van der Waals surface area contributed by atoms with Crippen LogP contribution in [0.15, 0.2) is 40.9 Å². The third kappa shape index (κ3) is 5.69. The van der Waals surface area contributed by atoms with Crippen LogP contribution >= 0.6 is 0 Å². The number of pyridine rings is 1. The minimum absolute atomic E-state index is 0.0706. The van der Waals surface area contributed by atoms with Crippen LogP contribution in [-0.2, 0) is 14.2 Å². The van der Waals surface area contributed by atoms with Crippen LogP contribution in [0.2, 0.25) is 0 Å². The number of furan rings is 1. The summed E-state index contributed by atoms with van der Waals surface area (Å²) in [5.41, 5.74) is 0.829. The lowest BCUT2D eigenvalue weighted by Gasteiger charge is -2.41. The van der Waals surface area contributed by atoms with Crippen LogP contribution in [-0.4, -0.2) is 105 Å². The van der Waals surface area contributed by atoms with Gasteiger partial charge in [0.25, 0.3) is 24.2 Å². The number of ether oxygens (including phenoxy) is 4. The normalized spacial score (nSPS) is 22.9. The number of hydrogen-bond donors (Lipinski definition) is 1. The van der Waals surface area contributed by atoms with Crippen molar-refractivity contribution in [2.75, 3.05) is 51.0 Å². The number of nitrogens with zero attached hydrogens (tertiary/aromatic N) is 6. The number of halogens is 2. The fourth-order valence-corrected chi connectivity index (χ4v) is 6.88. The highest BCUT2D eigenvalue weighted by Gasteiger charge is 2.51. The molecule has 1 spiro atoms. The quantitative estimate of drug-likeness (QED) is 0.135. The van der Waals surface area contributed by atoms with Gasteiger partial charge < -0.3 is 28.5 Å². The van der Waals surface area contributed by atoms with Crippen LogP contribution in [0.3, 0.4) is 0 Å². The Morgan fingerprint density at radius 2 is 1.98 bits per heavy atom. The predicted octanol–water partition coefficient (Wildman–Crippen LogP) is 3.77. The zero-order chi connectivity index (χ0) is 34.6. The number of hydrogen-bond acceptors (Lipinski definition) is 12. The number of benzene rings is 1. The lowest BCUT2D eigenvalue weighted by atomic mass is 9.94. The van der Waals surface area contributed by atoms with Crippen LogP contribution < -0.4 is 9.64 Å². The van der Waals surface area contributed by atoms with Gasteiger partial charge in [-0.25, -0.2) is 23.7 Å². The van der Waals surface area contributed by atoms with Crippen molar-refractivity contribution in [1.29, 1.82) is 0 Å². The number of fused-ring (bicyclic) bond motifs is 3. The third-order valence-corrected chi connectivity index (χ3v) is 9.75. The monoisotopic (exact) mass is 691 g/mol. The summed E-state index contributed by atoms with van der Waals surface area (Å²) < 4.78 is 59.5. The van der Waals surface area contributed by atoms with Gasteiger partial charge in [-0.2, -0.15) is 4.58 Å². The zero-order valence-corrected chi connectivity index (χ0v) is 27.0. The number of para-hydroxylation sites is 1. The number of anilines is 1. The van der Waals surface area contributed by atoms with Crippen molar-refractivity contribution in [2.24, 2.45) is 0 Å². The van der Waals surface area contributed by atoms with Crippen molar-refractivity contribution in [1.82, 2.24) is 15.0 Å². The molecule has 8 rings (SSSR count). The topological polar surface area (TPSA) is 158 Å². The molecular formula is C34H33F2N6O8+. The Balaban J connectivity index is 1.17. The molecule has 50 heavy (non-hydrogen) atoms. The van der Waals surface area contributed by atoms with E-state index in [-0.39, 0.29) is 35.8 Å². The average molecular weight is 692 g/mol. The van der Waals surface area contributed by atoms with E-state index in [2.05, 4.69) is 26.8 Å². The van der Waals surface area contributed by atoms with Crippen molar-refractivity contribution >= 4 is 39.3 Å². The van der Waals surface area contributed by atoms with E-state index in [4.69, 9.17) is 23.4 Å². The van der Waals surface area contributed by atoms with Gasteiger partial charge >= 0.3 is 0 Å². The maximum absolute atomic E-state index is 14.0. The average Bonchev–Trinajstić information content (AvgIpc) is 3.69. The first-order valence-electron chi connectivity index (χ1n) is 16.3. The largest absolute Gasteiger partial charge is 0.467 e. The summed E-state index contributed by atoms with van der Waals surface area (Å²) in [6.45, 7) is 4.37. The summed E-state index contributed by atoms with van der Waals surface area (Å²) in [7, 11) is 0. The van der Waals surface area contributed by atoms with E-state index in [0.717, 1.165) is 5.71 Å². The standard InChI is InChI=1S/C34H33F2N6O8/c1-20-34(18-47-19-34)48-13-10-40(20)24-14-21(6-7-33(43)8-11-46-12-9-33)16-37-32(24)49-22-15-26(42(44)45)41(17-22)31-28-27(38-30(39-31)29(35)36)23-4-2-3-5-25(23)50-28/h2-5,14,16,22,26,29,43H,8-13,15,17-19H2,1H3/q+1/t22-,26+/m0/s1. The smallest absolute Gasteiger partial charge is 0.297 e. The van der Waals surface area contributed by atoms with Gasteiger partial charge in [-0.3, -0.25) is 15.0 Å². The van der Waals surface area contributed by atoms with Crippen LogP contribution in [0.5, 0.6) is 5.88 Å². The molecule has 3 aromatic heterocycles. The molecule has 4 aliphatic rings. The van der Waals surface area contributed by atoms with E-state index >= 15 is 0 Å². The summed E-state index contributed by atoms with van der Waals surface area (Å²) in [6.07, 6.45) is -2.95. The van der Waals surface area contributed by atoms with Gasteiger partial charge in [0.15, 0.2) is 35.1 Å². The first-order chi connectivity index (χ1) is 24.1. The third-order valence-electron chi connectivity index (χ3n) is 9.75. The fourth-order valence-electron chi connectivity index (χ4n) is 6.88. The van der Waals surface area contributed by atoms with Gasteiger partial charge in [0.2, 0.25) is 0 Å². The van der Waals surface area contributed by atoms with Crippen LogP contribution in [0, 0.1) is 22.0 Å². The molecule has 3 saturated heterocycles. The minimum Gasteiger partial charge on any atom is -0.467 e. The molecule has 16 heteroatoms. The Labute approximate surface area is 283 Å². The molecular weight excluding hydrogens is 658 g/mol. The van der Waals surface area contributed by atoms with Crippen molar-refractivity contribution in [3.63, 3.8) is 0 Å². The van der Waals surface area contributed by atoms with Gasteiger partial charge in [-0.1, -0.05) is 24.0 Å². The summed E-state index contributed by atoms with van der Waals surface area (Å²) in [6, 6.07) is 8.62. The van der Waals surface area contributed by atoms with Crippen molar-refractivity contribution in [3.05, 3.63) is 58.0 Å². The second-order valence-corrected chi connectivity index (χ2v) is 12.9. The van der Waals surface area contributed by atoms with Gasteiger partial charge in [-0.05, 0) is 12.1 Å².